The average Bonchev–Trinajstić information content (AvgIpc) is 3.19. The molecule has 1 aromatic heterocycles. The van der Waals surface area contributed by atoms with Crippen molar-refractivity contribution in [3.63, 3.8) is 0 Å². The van der Waals surface area contributed by atoms with Gasteiger partial charge in [0.15, 0.2) is 5.13 Å². The van der Waals surface area contributed by atoms with Gasteiger partial charge in [0.1, 0.15) is 11.6 Å². The van der Waals surface area contributed by atoms with Crippen molar-refractivity contribution in [2.24, 2.45) is 0 Å². The fourth-order valence-electron chi connectivity index (χ4n) is 3.47. The Hall–Kier alpha value is -2.26. The van der Waals surface area contributed by atoms with Crippen LogP contribution in [-0.2, 0) is 4.74 Å². The maximum absolute atomic E-state index is 13.6. The molecule has 0 N–H and O–H groups in total. The Morgan fingerprint density at radius 1 is 1.26 bits per heavy atom. The molecule has 9 heteroatoms. The number of anilines is 1. The van der Waals surface area contributed by atoms with E-state index in [0.717, 1.165) is 44.0 Å². The average molecular weight is 466 g/mol. The van der Waals surface area contributed by atoms with Gasteiger partial charge < -0.3 is 9.47 Å². The summed E-state index contributed by atoms with van der Waals surface area (Å²) >= 11 is 1.33. The standard InChI is InChI=1S/C22H24FN3O3S.ClH/c1-28-18-5-2-4-16(14-18)21(27)26(9-3-8-25-10-12-29-13-11-25)22-24-19-7-6-17(23)15-20(19)30-22;/h2,4-7,14-15H,3,8-13H2,1H3;1H. The van der Waals surface area contributed by atoms with Crippen LogP contribution in [0.3, 0.4) is 0 Å². The molecule has 0 atom stereocenters. The lowest BCUT2D eigenvalue weighted by molar-refractivity contribution is 0.0376. The van der Waals surface area contributed by atoms with Gasteiger partial charge in [0, 0.05) is 31.7 Å². The van der Waals surface area contributed by atoms with Gasteiger partial charge in [0.25, 0.3) is 5.91 Å². The van der Waals surface area contributed by atoms with Gasteiger partial charge in [-0.3, -0.25) is 14.6 Å². The second-order valence-corrected chi connectivity index (χ2v) is 8.11. The molecule has 1 aliphatic rings. The van der Waals surface area contributed by atoms with Gasteiger partial charge in [-0.05, 0) is 42.8 Å². The number of aromatic nitrogens is 1. The van der Waals surface area contributed by atoms with E-state index in [0.29, 0.717) is 28.5 Å². The fourth-order valence-corrected chi connectivity index (χ4v) is 4.49. The number of rotatable bonds is 7. The van der Waals surface area contributed by atoms with Crippen molar-refractivity contribution in [3.8, 4) is 5.75 Å². The quantitative estimate of drug-likeness (QED) is 0.522. The minimum atomic E-state index is -0.310. The molecule has 31 heavy (non-hydrogen) atoms. The van der Waals surface area contributed by atoms with E-state index >= 15 is 0 Å². The van der Waals surface area contributed by atoms with Gasteiger partial charge in [-0.2, -0.15) is 0 Å². The lowest BCUT2D eigenvalue weighted by Crippen LogP contribution is -2.39. The highest BCUT2D eigenvalue weighted by molar-refractivity contribution is 7.22. The van der Waals surface area contributed by atoms with Crippen LogP contribution in [0.15, 0.2) is 42.5 Å². The Morgan fingerprint density at radius 2 is 2.06 bits per heavy atom. The molecule has 1 fully saturated rings. The number of hydrogen-bond acceptors (Lipinski definition) is 6. The topological polar surface area (TPSA) is 54.9 Å². The van der Waals surface area contributed by atoms with Crippen LogP contribution >= 0.6 is 23.7 Å². The van der Waals surface area contributed by atoms with Crippen LogP contribution in [0.25, 0.3) is 10.2 Å². The number of carbonyl (C=O) groups excluding carboxylic acids is 1. The molecule has 2 aromatic carbocycles. The van der Waals surface area contributed by atoms with Gasteiger partial charge in [0.05, 0.1) is 30.5 Å². The van der Waals surface area contributed by atoms with E-state index in [2.05, 4.69) is 9.88 Å². The minimum Gasteiger partial charge on any atom is -0.497 e. The Bertz CT molecular complexity index is 1030. The highest BCUT2D eigenvalue weighted by Gasteiger charge is 2.22. The SMILES string of the molecule is COc1cccc(C(=O)N(CCCN2CCOCC2)c2nc3ccc(F)cc3s2)c1.Cl. The third kappa shape index (κ3) is 5.71. The number of morpholine rings is 1. The van der Waals surface area contributed by atoms with Crippen molar-refractivity contribution >= 4 is 45.0 Å². The molecule has 166 valence electrons. The first-order valence-corrected chi connectivity index (χ1v) is 10.8. The third-order valence-corrected chi connectivity index (χ3v) is 6.13. The first-order valence-electron chi connectivity index (χ1n) is 9.96. The third-order valence-electron chi connectivity index (χ3n) is 5.09. The van der Waals surface area contributed by atoms with Crippen molar-refractivity contribution in [2.75, 3.05) is 51.4 Å². The predicted molar refractivity (Wildman–Crippen MR) is 123 cm³/mol. The molecule has 0 saturated carbocycles. The summed E-state index contributed by atoms with van der Waals surface area (Å²) in [5.74, 6) is 0.173. The molecule has 3 aromatic rings. The second kappa shape index (κ2) is 10.9. The van der Waals surface area contributed by atoms with Gasteiger partial charge in [0.2, 0.25) is 0 Å². The summed E-state index contributed by atoms with van der Waals surface area (Å²) in [6.07, 6.45) is 0.806. The molecule has 0 aliphatic carbocycles. The van der Waals surface area contributed by atoms with E-state index in [1.807, 2.05) is 0 Å². The fraction of sp³-hybridized carbons (Fsp3) is 0.364. The molecule has 4 rings (SSSR count). The van der Waals surface area contributed by atoms with Gasteiger partial charge >= 0.3 is 0 Å². The summed E-state index contributed by atoms with van der Waals surface area (Å²) in [7, 11) is 1.58. The van der Waals surface area contributed by atoms with Crippen LogP contribution < -0.4 is 9.64 Å². The zero-order valence-electron chi connectivity index (χ0n) is 17.3. The van der Waals surface area contributed by atoms with Crippen molar-refractivity contribution in [3.05, 3.63) is 53.8 Å². The molecular formula is C22H25ClFN3O3S. The van der Waals surface area contributed by atoms with Crippen LogP contribution in [0.1, 0.15) is 16.8 Å². The molecule has 1 saturated heterocycles. The zero-order chi connectivity index (χ0) is 20.9. The number of methoxy groups -OCH3 is 1. The largest absolute Gasteiger partial charge is 0.497 e. The summed E-state index contributed by atoms with van der Waals surface area (Å²) < 4.78 is 25.0. The number of nitrogens with zero attached hydrogens (tertiary/aromatic N) is 3. The molecule has 0 radical (unpaired) electrons. The van der Waals surface area contributed by atoms with Gasteiger partial charge in [-0.15, -0.1) is 12.4 Å². The first kappa shape index (κ1) is 23.4. The van der Waals surface area contributed by atoms with Crippen molar-refractivity contribution < 1.29 is 18.7 Å². The van der Waals surface area contributed by atoms with E-state index in [-0.39, 0.29) is 24.1 Å². The number of hydrogen-bond donors (Lipinski definition) is 0. The number of benzene rings is 2. The molecular weight excluding hydrogens is 441 g/mol. The van der Waals surface area contributed by atoms with Crippen molar-refractivity contribution in [1.82, 2.24) is 9.88 Å². The predicted octanol–water partition coefficient (Wildman–Crippen LogP) is 4.23. The highest BCUT2D eigenvalue weighted by Crippen LogP contribution is 2.31. The number of halogens is 2. The second-order valence-electron chi connectivity index (χ2n) is 7.10. The molecule has 1 aliphatic heterocycles. The molecule has 6 nitrogen and oxygen atoms in total. The van der Waals surface area contributed by atoms with Crippen LogP contribution in [0.2, 0.25) is 0 Å². The monoisotopic (exact) mass is 465 g/mol. The lowest BCUT2D eigenvalue weighted by atomic mass is 10.2. The number of amides is 1. The molecule has 0 spiro atoms. The van der Waals surface area contributed by atoms with E-state index < -0.39 is 0 Å². The number of fused-ring (bicyclic) bond motifs is 1. The van der Waals surface area contributed by atoms with Crippen LogP contribution in [-0.4, -0.2) is 62.3 Å². The van der Waals surface area contributed by atoms with Crippen LogP contribution in [0, 0.1) is 5.82 Å². The smallest absolute Gasteiger partial charge is 0.260 e. The minimum absolute atomic E-state index is 0. The Balaban J connectivity index is 0.00000272. The summed E-state index contributed by atoms with van der Waals surface area (Å²) in [4.78, 5) is 22.0. The summed E-state index contributed by atoms with van der Waals surface area (Å²) in [6, 6.07) is 11.6. The normalized spacial score (nSPS) is 14.3. The first-order chi connectivity index (χ1) is 14.6. The Morgan fingerprint density at radius 3 is 2.84 bits per heavy atom. The number of carbonyl (C=O) groups is 1. The zero-order valence-corrected chi connectivity index (χ0v) is 18.9. The molecule has 1 amide bonds. The molecule has 0 unspecified atom stereocenters. The van der Waals surface area contributed by atoms with E-state index in [1.54, 1.807) is 42.3 Å². The molecule has 2 heterocycles. The number of ether oxygens (including phenoxy) is 2. The summed E-state index contributed by atoms with van der Waals surface area (Å²) in [5, 5.41) is 0.574. The van der Waals surface area contributed by atoms with E-state index in [9.17, 15) is 9.18 Å². The van der Waals surface area contributed by atoms with E-state index in [1.165, 1.54) is 23.5 Å². The Labute approximate surface area is 191 Å². The van der Waals surface area contributed by atoms with Gasteiger partial charge in [-0.25, -0.2) is 9.37 Å². The van der Waals surface area contributed by atoms with Crippen LogP contribution in [0.4, 0.5) is 9.52 Å². The van der Waals surface area contributed by atoms with Crippen LogP contribution in [0.5, 0.6) is 5.75 Å². The Kier molecular flexibility index (Phi) is 8.20. The molecule has 0 bridgehead atoms. The maximum atomic E-state index is 13.6. The highest BCUT2D eigenvalue weighted by atomic mass is 35.5. The summed E-state index contributed by atoms with van der Waals surface area (Å²) in [5.41, 5.74) is 1.22. The number of thiazole rings is 1. The maximum Gasteiger partial charge on any atom is 0.260 e. The lowest BCUT2D eigenvalue weighted by Gasteiger charge is -2.27. The summed E-state index contributed by atoms with van der Waals surface area (Å²) in [6.45, 7) is 4.71. The van der Waals surface area contributed by atoms with Crippen molar-refractivity contribution in [2.45, 2.75) is 6.42 Å². The van der Waals surface area contributed by atoms with Gasteiger partial charge in [-0.1, -0.05) is 17.4 Å². The van der Waals surface area contributed by atoms with Crippen molar-refractivity contribution in [1.29, 1.82) is 0 Å². The van der Waals surface area contributed by atoms with E-state index in [4.69, 9.17) is 9.47 Å².